The topological polar surface area (TPSA) is 88.8 Å². The number of primary amides is 1. The molecule has 3 N–H and O–H groups in total. The smallest absolute Gasteiger partial charge is 0.268 e. The summed E-state index contributed by atoms with van der Waals surface area (Å²) in [4.78, 5) is 29.0. The molecule has 2 aliphatic rings. The van der Waals surface area contributed by atoms with E-state index in [0.29, 0.717) is 10.9 Å². The molecule has 0 saturated heterocycles. The van der Waals surface area contributed by atoms with Crippen LogP contribution in [0.1, 0.15) is 89.5 Å². The average molecular weight is 400 g/mol. The van der Waals surface area contributed by atoms with Crippen molar-refractivity contribution in [1.82, 2.24) is 9.97 Å². The van der Waals surface area contributed by atoms with Gasteiger partial charge in [-0.15, -0.1) is 0 Å². The number of rotatable bonds is 2. The van der Waals surface area contributed by atoms with E-state index in [0.717, 1.165) is 11.8 Å². The molecule has 2 heterocycles. The van der Waals surface area contributed by atoms with E-state index in [-0.39, 0.29) is 16.5 Å². The number of nitrogens with zero attached hydrogens (tertiary/aromatic N) is 1. The van der Waals surface area contributed by atoms with Crippen LogP contribution in [-0.2, 0) is 0 Å². The molecule has 29 heavy (non-hydrogen) atoms. The van der Waals surface area contributed by atoms with Crippen LogP contribution in [-0.4, -0.2) is 15.9 Å². The molecule has 160 valence electrons. The largest absolute Gasteiger partial charge is 0.364 e. The summed E-state index contributed by atoms with van der Waals surface area (Å²) in [7, 11) is 0. The summed E-state index contributed by atoms with van der Waals surface area (Å²) in [5, 5.41) is 0.238. The summed E-state index contributed by atoms with van der Waals surface area (Å²) in [6.07, 6.45) is 15.1. The van der Waals surface area contributed by atoms with Gasteiger partial charge < -0.3 is 10.7 Å². The molecule has 4 rings (SSSR count). The number of fused-ring (bicyclic) bond motifs is 1. The van der Waals surface area contributed by atoms with Gasteiger partial charge in [0.1, 0.15) is 5.69 Å². The van der Waals surface area contributed by atoms with Crippen molar-refractivity contribution in [2.75, 3.05) is 0 Å². The maximum Gasteiger partial charge on any atom is 0.268 e. The van der Waals surface area contributed by atoms with Crippen molar-refractivity contribution in [3.8, 4) is 0 Å². The van der Waals surface area contributed by atoms with Crippen LogP contribution < -0.4 is 11.2 Å². The number of carbonyl (C=O) groups excluding carboxylic acids is 1. The third kappa shape index (κ3) is 6.15. The molecular weight excluding hydrogens is 362 g/mol. The van der Waals surface area contributed by atoms with E-state index in [9.17, 15) is 9.59 Å². The maximum atomic E-state index is 11.4. The van der Waals surface area contributed by atoms with Crippen LogP contribution in [0, 0.1) is 17.3 Å². The average Bonchev–Trinajstić information content (AvgIpc) is 3.10. The first kappa shape index (κ1) is 23.1. The van der Waals surface area contributed by atoms with Crippen LogP contribution in [0.4, 0.5) is 0 Å². The summed E-state index contributed by atoms with van der Waals surface area (Å²) in [5.74, 6) is 1.50. The molecule has 1 atom stereocenters. The Morgan fingerprint density at radius 2 is 1.79 bits per heavy atom. The minimum absolute atomic E-state index is 0.00403. The Morgan fingerprint density at radius 1 is 1.10 bits per heavy atom. The van der Waals surface area contributed by atoms with Gasteiger partial charge in [0, 0.05) is 18.5 Å². The second-order valence-electron chi connectivity index (χ2n) is 8.85. The lowest BCUT2D eigenvalue weighted by molar-refractivity contribution is 0.0997. The van der Waals surface area contributed by atoms with Gasteiger partial charge in [-0.3, -0.25) is 14.6 Å². The van der Waals surface area contributed by atoms with Crippen LogP contribution >= 0.6 is 0 Å². The Kier molecular flexibility index (Phi) is 8.42. The van der Waals surface area contributed by atoms with E-state index < -0.39 is 5.91 Å². The number of H-pyrrole nitrogens is 1. The highest BCUT2D eigenvalue weighted by atomic mass is 16.1. The van der Waals surface area contributed by atoms with Crippen molar-refractivity contribution >= 4 is 16.8 Å². The van der Waals surface area contributed by atoms with Gasteiger partial charge in [-0.05, 0) is 42.6 Å². The molecule has 1 amide bonds. The van der Waals surface area contributed by atoms with Gasteiger partial charge in [0.15, 0.2) is 5.43 Å². The van der Waals surface area contributed by atoms with Crippen molar-refractivity contribution in [1.29, 1.82) is 0 Å². The fourth-order valence-electron chi connectivity index (χ4n) is 4.81. The van der Waals surface area contributed by atoms with E-state index in [1.54, 1.807) is 18.9 Å². The Bertz CT molecular complexity index is 845. The number of pyridine rings is 2. The van der Waals surface area contributed by atoms with E-state index in [1.165, 1.54) is 57.0 Å². The lowest BCUT2D eigenvalue weighted by atomic mass is 9.78. The lowest BCUT2D eigenvalue weighted by Crippen LogP contribution is -2.17. The molecule has 0 radical (unpaired) electrons. The number of hydrogen-bond acceptors (Lipinski definition) is 3. The summed E-state index contributed by atoms with van der Waals surface area (Å²) < 4.78 is 0. The quantitative estimate of drug-likeness (QED) is 0.704. The zero-order chi connectivity index (χ0) is 21.4. The first-order valence-corrected chi connectivity index (χ1v) is 11.1. The van der Waals surface area contributed by atoms with Crippen molar-refractivity contribution in [3.05, 3.63) is 40.4 Å². The fraction of sp³-hybridized carbons (Fsp3) is 0.625. The van der Waals surface area contributed by atoms with Crippen LogP contribution in [0.3, 0.4) is 0 Å². The first-order chi connectivity index (χ1) is 13.9. The summed E-state index contributed by atoms with van der Waals surface area (Å²) in [6, 6.07) is 2.94. The van der Waals surface area contributed by atoms with Gasteiger partial charge in [0.25, 0.3) is 5.91 Å². The summed E-state index contributed by atoms with van der Waals surface area (Å²) in [6.45, 7) is 8.91. The molecule has 5 heteroatoms. The first-order valence-electron chi connectivity index (χ1n) is 11.1. The minimum Gasteiger partial charge on any atom is -0.364 e. The monoisotopic (exact) mass is 399 g/mol. The fourth-order valence-corrected chi connectivity index (χ4v) is 4.81. The zero-order valence-corrected chi connectivity index (χ0v) is 18.5. The summed E-state index contributed by atoms with van der Waals surface area (Å²) >= 11 is 0. The Morgan fingerprint density at radius 3 is 2.38 bits per heavy atom. The second kappa shape index (κ2) is 10.6. The Hall–Kier alpha value is -2.17. The molecule has 2 fully saturated rings. The highest BCUT2D eigenvalue weighted by Crippen LogP contribution is 2.47. The van der Waals surface area contributed by atoms with E-state index in [4.69, 9.17) is 5.73 Å². The second-order valence-corrected chi connectivity index (χ2v) is 8.85. The van der Waals surface area contributed by atoms with Gasteiger partial charge in [0.2, 0.25) is 0 Å². The molecule has 0 aromatic carbocycles. The number of aromatic nitrogens is 2. The normalized spacial score (nSPS) is 20.9. The third-order valence-corrected chi connectivity index (χ3v) is 6.23. The van der Waals surface area contributed by atoms with Gasteiger partial charge in [-0.1, -0.05) is 59.8 Å². The predicted octanol–water partition coefficient (Wildman–Crippen LogP) is 5.44. The number of aromatic amines is 1. The number of amides is 1. The highest BCUT2D eigenvalue weighted by Gasteiger charge is 2.35. The molecule has 0 spiro atoms. The SMILES string of the molecule is CC.CC1(C)CCC(C2CCCCC2)C1.NC(=O)c1nccc2[nH]ccc(=O)c12. The molecule has 0 aliphatic heterocycles. The van der Waals surface area contributed by atoms with Crippen LogP contribution in [0.5, 0.6) is 0 Å². The van der Waals surface area contributed by atoms with Gasteiger partial charge in [-0.25, -0.2) is 0 Å². The number of hydrogen-bond donors (Lipinski definition) is 2. The molecule has 5 nitrogen and oxygen atoms in total. The number of carbonyl (C=O) groups is 1. The van der Waals surface area contributed by atoms with Crippen LogP contribution in [0.25, 0.3) is 10.9 Å². The third-order valence-electron chi connectivity index (χ3n) is 6.23. The Balaban J connectivity index is 0.000000191. The predicted molar refractivity (Wildman–Crippen MR) is 120 cm³/mol. The number of nitrogens with one attached hydrogen (secondary N) is 1. The van der Waals surface area contributed by atoms with Gasteiger partial charge in [-0.2, -0.15) is 0 Å². The number of nitrogens with two attached hydrogens (primary N) is 1. The van der Waals surface area contributed by atoms with Crippen molar-refractivity contribution in [2.24, 2.45) is 23.0 Å². The van der Waals surface area contributed by atoms with Crippen molar-refractivity contribution < 1.29 is 4.79 Å². The van der Waals surface area contributed by atoms with E-state index >= 15 is 0 Å². The molecule has 0 bridgehead atoms. The van der Waals surface area contributed by atoms with Crippen molar-refractivity contribution in [2.45, 2.75) is 79.1 Å². The zero-order valence-electron chi connectivity index (χ0n) is 18.5. The van der Waals surface area contributed by atoms with E-state index in [2.05, 4.69) is 23.8 Å². The molecule has 2 aromatic heterocycles. The minimum atomic E-state index is -0.702. The van der Waals surface area contributed by atoms with Crippen LogP contribution in [0.2, 0.25) is 0 Å². The molecule has 2 aromatic rings. The van der Waals surface area contributed by atoms with Crippen molar-refractivity contribution in [3.63, 3.8) is 0 Å². The van der Waals surface area contributed by atoms with Gasteiger partial charge in [0.05, 0.1) is 10.9 Å². The molecule has 2 saturated carbocycles. The molecule has 2 aliphatic carbocycles. The molecule has 1 unspecified atom stereocenters. The van der Waals surface area contributed by atoms with E-state index in [1.807, 2.05) is 13.8 Å². The standard InChI is InChI=1S/C13H24.C9H7N3O2.C2H6/c1-13(2)9-8-12(10-13)11-6-4-3-5-7-11;10-9(14)8-7-5(1-3-12-8)11-4-2-6(7)13;1-2/h11-12H,3-10H2,1-2H3;1-4H,(H2,10,14)(H,11,13);1-2H3. The van der Waals surface area contributed by atoms with Gasteiger partial charge >= 0.3 is 0 Å². The van der Waals surface area contributed by atoms with Crippen LogP contribution in [0.15, 0.2) is 29.3 Å². The summed E-state index contributed by atoms with van der Waals surface area (Å²) in [5.41, 5.74) is 6.06. The maximum absolute atomic E-state index is 11.4. The lowest BCUT2D eigenvalue weighted by Gasteiger charge is -2.28. The highest BCUT2D eigenvalue weighted by molar-refractivity contribution is 6.03. The molecular formula is C24H37N3O2. The Labute approximate surface area is 174 Å².